The van der Waals surface area contributed by atoms with Gasteiger partial charge in [-0.15, -0.1) is 5.92 Å². The van der Waals surface area contributed by atoms with Crippen molar-refractivity contribution in [1.29, 1.82) is 0 Å². The lowest BCUT2D eigenvalue weighted by Crippen LogP contribution is -2.42. The monoisotopic (exact) mass is 340 g/mol. The maximum atomic E-state index is 13.0. The Morgan fingerprint density at radius 1 is 1.16 bits per heavy atom. The van der Waals surface area contributed by atoms with Gasteiger partial charge in [0.1, 0.15) is 23.2 Å². The second kappa shape index (κ2) is 7.01. The molecule has 2 aliphatic rings. The molecule has 1 heterocycles. The average Bonchev–Trinajstić information content (AvgIpc) is 2.56. The summed E-state index contributed by atoms with van der Waals surface area (Å²) in [5, 5.41) is 0. The van der Waals surface area contributed by atoms with Gasteiger partial charge in [-0.05, 0) is 49.8 Å². The average molecular weight is 340 g/mol. The number of Topliss-reactive ketones (excluding diaryl/α,β-unsaturated/α-hetero) is 2. The Balaban J connectivity index is 1.97. The van der Waals surface area contributed by atoms with Gasteiger partial charge in [0.2, 0.25) is 0 Å². The molecule has 2 fully saturated rings. The highest BCUT2D eigenvalue weighted by Crippen LogP contribution is 2.47. The van der Waals surface area contributed by atoms with Crippen molar-refractivity contribution >= 4 is 11.6 Å². The lowest BCUT2D eigenvalue weighted by Gasteiger charge is -2.41. The zero-order chi connectivity index (χ0) is 18.0. The van der Waals surface area contributed by atoms with E-state index in [4.69, 9.17) is 9.47 Å². The fraction of sp³-hybridized carbons (Fsp3) is 0.524. The SMILES string of the molecule is CC#Cc1cc(C)c(C2C(=O)CC3(CCOCC3)CC2=O)c(OC)c1. The maximum Gasteiger partial charge on any atom is 0.148 e. The van der Waals surface area contributed by atoms with Crippen molar-refractivity contribution in [3.8, 4) is 17.6 Å². The lowest BCUT2D eigenvalue weighted by molar-refractivity contribution is -0.139. The molecule has 3 rings (SSSR count). The summed E-state index contributed by atoms with van der Waals surface area (Å²) in [6.07, 6.45) is 2.48. The number of aryl methyl sites for hydroxylation is 1. The van der Waals surface area contributed by atoms with Crippen molar-refractivity contribution in [3.63, 3.8) is 0 Å². The van der Waals surface area contributed by atoms with Crippen LogP contribution in [0.3, 0.4) is 0 Å². The predicted octanol–water partition coefficient (Wildman–Crippen LogP) is 3.19. The molecule has 1 spiro atoms. The third kappa shape index (κ3) is 3.34. The Bertz CT molecular complexity index is 740. The van der Waals surface area contributed by atoms with E-state index in [1.807, 2.05) is 19.1 Å². The van der Waals surface area contributed by atoms with E-state index in [0.717, 1.165) is 24.0 Å². The molecule has 0 N–H and O–H groups in total. The number of methoxy groups -OCH3 is 1. The number of hydrogen-bond acceptors (Lipinski definition) is 4. The highest BCUT2D eigenvalue weighted by atomic mass is 16.5. The van der Waals surface area contributed by atoms with Gasteiger partial charge in [-0.2, -0.15) is 0 Å². The van der Waals surface area contributed by atoms with Gasteiger partial charge >= 0.3 is 0 Å². The summed E-state index contributed by atoms with van der Waals surface area (Å²) in [7, 11) is 1.57. The minimum absolute atomic E-state index is 0.00822. The van der Waals surface area contributed by atoms with Gasteiger partial charge < -0.3 is 9.47 Å². The fourth-order valence-corrected chi connectivity index (χ4v) is 4.19. The third-order valence-electron chi connectivity index (χ3n) is 5.42. The summed E-state index contributed by atoms with van der Waals surface area (Å²) < 4.78 is 10.9. The van der Waals surface area contributed by atoms with Crippen molar-refractivity contribution in [1.82, 2.24) is 0 Å². The summed E-state index contributed by atoms with van der Waals surface area (Å²) in [6.45, 7) is 4.96. The van der Waals surface area contributed by atoms with Gasteiger partial charge in [0, 0.05) is 37.2 Å². The molecule has 4 heteroatoms. The van der Waals surface area contributed by atoms with Crippen LogP contribution in [0.5, 0.6) is 5.75 Å². The van der Waals surface area contributed by atoms with Gasteiger partial charge in [0.05, 0.1) is 7.11 Å². The normalized spacial score (nSPS) is 20.3. The maximum absolute atomic E-state index is 13.0. The molecular formula is C21H24O4. The molecule has 0 bridgehead atoms. The van der Waals surface area contributed by atoms with Crippen LogP contribution < -0.4 is 4.74 Å². The first-order valence-corrected chi connectivity index (χ1v) is 8.74. The van der Waals surface area contributed by atoms with E-state index in [0.29, 0.717) is 37.4 Å². The van der Waals surface area contributed by atoms with E-state index >= 15 is 0 Å². The zero-order valence-corrected chi connectivity index (χ0v) is 15.1. The van der Waals surface area contributed by atoms with Crippen molar-refractivity contribution in [2.75, 3.05) is 20.3 Å². The molecule has 0 unspecified atom stereocenters. The van der Waals surface area contributed by atoms with Crippen molar-refractivity contribution in [3.05, 3.63) is 28.8 Å². The first-order chi connectivity index (χ1) is 12.0. The highest BCUT2D eigenvalue weighted by molar-refractivity contribution is 6.11. The molecule has 0 aromatic heterocycles. The molecule has 0 amide bonds. The molecule has 1 aromatic carbocycles. The van der Waals surface area contributed by atoms with Crippen LogP contribution in [0.2, 0.25) is 0 Å². The molecule has 25 heavy (non-hydrogen) atoms. The summed E-state index contributed by atoms with van der Waals surface area (Å²) in [6, 6.07) is 3.74. The first kappa shape index (κ1) is 17.7. The Morgan fingerprint density at radius 3 is 2.36 bits per heavy atom. The summed E-state index contributed by atoms with van der Waals surface area (Å²) >= 11 is 0. The minimum Gasteiger partial charge on any atom is -0.496 e. The van der Waals surface area contributed by atoms with E-state index in [-0.39, 0.29) is 17.0 Å². The molecule has 1 saturated heterocycles. The predicted molar refractivity (Wildman–Crippen MR) is 94.8 cm³/mol. The molecule has 1 aromatic rings. The number of hydrogen-bond donors (Lipinski definition) is 0. The number of carbonyl (C=O) groups excluding carboxylic acids is 2. The van der Waals surface area contributed by atoms with Gasteiger partial charge in [0.15, 0.2) is 0 Å². The second-order valence-electron chi connectivity index (χ2n) is 7.12. The lowest BCUT2D eigenvalue weighted by atomic mass is 9.63. The number of ether oxygens (including phenoxy) is 2. The molecule has 0 atom stereocenters. The quantitative estimate of drug-likeness (QED) is 0.613. The van der Waals surface area contributed by atoms with E-state index in [9.17, 15) is 9.59 Å². The number of benzene rings is 1. The summed E-state index contributed by atoms with van der Waals surface area (Å²) in [4.78, 5) is 25.9. The van der Waals surface area contributed by atoms with Crippen LogP contribution in [0.1, 0.15) is 55.2 Å². The number of ketones is 2. The molecule has 132 valence electrons. The molecule has 1 aliphatic heterocycles. The molecule has 1 aliphatic carbocycles. The molecule has 1 saturated carbocycles. The standard InChI is InChI=1S/C21H24O4/c1-4-5-15-10-14(2)19(18(11-15)24-3)20-16(22)12-21(13-17(20)23)6-8-25-9-7-21/h10-11,20H,6-9,12-13H2,1-3H3. The third-order valence-corrected chi connectivity index (χ3v) is 5.42. The van der Waals surface area contributed by atoms with Gasteiger partial charge in [-0.3, -0.25) is 9.59 Å². The molecule has 0 radical (unpaired) electrons. The van der Waals surface area contributed by atoms with Crippen molar-refractivity contribution in [2.24, 2.45) is 5.41 Å². The Hall–Kier alpha value is -2.12. The van der Waals surface area contributed by atoms with Gasteiger partial charge in [0.25, 0.3) is 0 Å². The van der Waals surface area contributed by atoms with Crippen LogP contribution in [0, 0.1) is 24.2 Å². The van der Waals surface area contributed by atoms with E-state index in [1.54, 1.807) is 14.0 Å². The van der Waals surface area contributed by atoms with E-state index in [2.05, 4.69) is 11.8 Å². The highest BCUT2D eigenvalue weighted by Gasteiger charge is 2.47. The molecular weight excluding hydrogens is 316 g/mol. The summed E-state index contributed by atoms with van der Waals surface area (Å²) in [5.41, 5.74) is 2.22. The van der Waals surface area contributed by atoms with Gasteiger partial charge in [-0.1, -0.05) is 5.92 Å². The summed E-state index contributed by atoms with van der Waals surface area (Å²) in [5.74, 6) is 5.75. The second-order valence-corrected chi connectivity index (χ2v) is 7.12. The van der Waals surface area contributed by atoms with Crippen LogP contribution in [-0.4, -0.2) is 31.9 Å². The van der Waals surface area contributed by atoms with E-state index in [1.165, 1.54) is 0 Å². The largest absolute Gasteiger partial charge is 0.496 e. The van der Waals surface area contributed by atoms with Crippen molar-refractivity contribution in [2.45, 2.75) is 45.4 Å². The zero-order valence-electron chi connectivity index (χ0n) is 15.1. The van der Waals surface area contributed by atoms with Crippen LogP contribution in [0.15, 0.2) is 12.1 Å². The first-order valence-electron chi connectivity index (χ1n) is 8.74. The van der Waals surface area contributed by atoms with Gasteiger partial charge in [-0.25, -0.2) is 0 Å². The Morgan fingerprint density at radius 2 is 1.80 bits per heavy atom. The fourth-order valence-electron chi connectivity index (χ4n) is 4.19. The van der Waals surface area contributed by atoms with Crippen LogP contribution in [0.4, 0.5) is 0 Å². The van der Waals surface area contributed by atoms with Crippen LogP contribution >= 0.6 is 0 Å². The van der Waals surface area contributed by atoms with Crippen LogP contribution in [0.25, 0.3) is 0 Å². The van der Waals surface area contributed by atoms with Crippen molar-refractivity contribution < 1.29 is 19.1 Å². The molecule has 4 nitrogen and oxygen atoms in total. The van der Waals surface area contributed by atoms with E-state index < -0.39 is 5.92 Å². The Labute approximate surface area is 148 Å². The topological polar surface area (TPSA) is 52.6 Å². The number of rotatable bonds is 2. The minimum atomic E-state index is -0.716. The smallest absolute Gasteiger partial charge is 0.148 e. The number of carbonyl (C=O) groups is 2. The van der Waals surface area contributed by atoms with Crippen LogP contribution in [-0.2, 0) is 14.3 Å². The Kier molecular flexibility index (Phi) is 4.96.